The van der Waals surface area contributed by atoms with Gasteiger partial charge in [0.2, 0.25) is 5.91 Å². The van der Waals surface area contributed by atoms with Crippen molar-refractivity contribution in [3.8, 4) is 11.5 Å². The molecule has 6 heteroatoms. The fourth-order valence-electron chi connectivity index (χ4n) is 2.41. The van der Waals surface area contributed by atoms with E-state index in [9.17, 15) is 9.18 Å². The second-order valence-corrected chi connectivity index (χ2v) is 5.46. The van der Waals surface area contributed by atoms with Gasteiger partial charge in [-0.05, 0) is 42.8 Å². The van der Waals surface area contributed by atoms with E-state index in [4.69, 9.17) is 9.47 Å². The molecule has 126 valence electrons. The number of ether oxygens (including phenoxy) is 2. The van der Waals surface area contributed by atoms with Crippen LogP contribution in [0, 0.1) is 5.82 Å². The summed E-state index contributed by atoms with van der Waals surface area (Å²) in [5.41, 5.74) is 1.70. The van der Waals surface area contributed by atoms with Crippen LogP contribution in [0.25, 0.3) is 0 Å². The predicted octanol–water partition coefficient (Wildman–Crippen LogP) is 2.37. The summed E-state index contributed by atoms with van der Waals surface area (Å²) in [6, 6.07) is 11.7. The fourth-order valence-corrected chi connectivity index (χ4v) is 2.41. The monoisotopic (exact) mass is 330 g/mol. The summed E-state index contributed by atoms with van der Waals surface area (Å²) in [5.74, 6) is 0.955. The van der Waals surface area contributed by atoms with Crippen LogP contribution in [0.1, 0.15) is 5.56 Å². The molecule has 1 aliphatic rings. The Morgan fingerprint density at radius 3 is 2.58 bits per heavy atom. The van der Waals surface area contributed by atoms with E-state index in [0.29, 0.717) is 36.9 Å². The van der Waals surface area contributed by atoms with Crippen LogP contribution in [-0.2, 0) is 11.2 Å². The Bertz CT molecular complexity index is 704. The lowest BCUT2D eigenvalue weighted by molar-refractivity contribution is -0.115. The normalized spacial score (nSPS) is 12.7. The number of fused-ring (bicyclic) bond motifs is 1. The largest absolute Gasteiger partial charge is 0.486 e. The summed E-state index contributed by atoms with van der Waals surface area (Å²) in [4.78, 5) is 11.9. The maximum Gasteiger partial charge on any atom is 0.238 e. The minimum Gasteiger partial charge on any atom is -0.486 e. The Morgan fingerprint density at radius 2 is 1.79 bits per heavy atom. The molecule has 0 aromatic heterocycles. The highest BCUT2D eigenvalue weighted by Gasteiger charge is 2.12. The van der Waals surface area contributed by atoms with Gasteiger partial charge in [-0.1, -0.05) is 12.1 Å². The fraction of sp³-hybridized carbons (Fsp3) is 0.278. The van der Waals surface area contributed by atoms with E-state index >= 15 is 0 Å². The molecular weight excluding hydrogens is 311 g/mol. The molecule has 5 nitrogen and oxygen atoms in total. The maximum atomic E-state index is 12.8. The van der Waals surface area contributed by atoms with Crippen molar-refractivity contribution in [3.05, 3.63) is 53.8 Å². The van der Waals surface area contributed by atoms with E-state index in [0.717, 1.165) is 12.0 Å². The lowest BCUT2D eigenvalue weighted by Crippen LogP contribution is -2.29. The predicted molar refractivity (Wildman–Crippen MR) is 89.0 cm³/mol. The summed E-state index contributed by atoms with van der Waals surface area (Å²) in [6.07, 6.45) is 0.734. The van der Waals surface area contributed by atoms with Gasteiger partial charge in [0.15, 0.2) is 11.5 Å². The zero-order valence-corrected chi connectivity index (χ0v) is 13.2. The smallest absolute Gasteiger partial charge is 0.238 e. The van der Waals surface area contributed by atoms with Gasteiger partial charge in [0.1, 0.15) is 19.0 Å². The number of anilines is 1. The lowest BCUT2D eigenvalue weighted by atomic mass is 10.1. The van der Waals surface area contributed by atoms with E-state index in [-0.39, 0.29) is 18.3 Å². The number of carbonyl (C=O) groups is 1. The Labute approximate surface area is 139 Å². The number of benzene rings is 2. The molecule has 0 atom stereocenters. The van der Waals surface area contributed by atoms with Crippen LogP contribution in [0.4, 0.5) is 10.1 Å². The zero-order valence-electron chi connectivity index (χ0n) is 13.2. The Balaban J connectivity index is 1.41. The van der Waals surface area contributed by atoms with Gasteiger partial charge < -0.3 is 20.1 Å². The van der Waals surface area contributed by atoms with Crippen LogP contribution in [-0.4, -0.2) is 32.2 Å². The Kier molecular flexibility index (Phi) is 5.28. The first-order chi connectivity index (χ1) is 11.7. The van der Waals surface area contributed by atoms with Gasteiger partial charge in [-0.25, -0.2) is 4.39 Å². The van der Waals surface area contributed by atoms with E-state index in [1.54, 1.807) is 30.3 Å². The average Bonchev–Trinajstić information content (AvgIpc) is 2.60. The molecule has 2 N–H and O–H groups in total. The van der Waals surface area contributed by atoms with Crippen molar-refractivity contribution >= 4 is 11.6 Å². The molecule has 1 amide bonds. The molecule has 0 fully saturated rings. The topological polar surface area (TPSA) is 59.6 Å². The molecule has 0 saturated carbocycles. The van der Waals surface area contributed by atoms with E-state index in [1.807, 2.05) is 0 Å². The van der Waals surface area contributed by atoms with Gasteiger partial charge in [0, 0.05) is 11.8 Å². The first kappa shape index (κ1) is 16.3. The molecule has 1 aliphatic heterocycles. The summed E-state index contributed by atoms with van der Waals surface area (Å²) in [5, 5.41) is 5.88. The van der Waals surface area contributed by atoms with Crippen molar-refractivity contribution < 1.29 is 18.7 Å². The number of halogens is 1. The first-order valence-corrected chi connectivity index (χ1v) is 7.85. The van der Waals surface area contributed by atoms with Gasteiger partial charge in [0.05, 0.1) is 6.54 Å². The maximum absolute atomic E-state index is 12.8. The average molecular weight is 330 g/mol. The van der Waals surface area contributed by atoms with Crippen LogP contribution >= 0.6 is 0 Å². The summed E-state index contributed by atoms with van der Waals surface area (Å²) in [7, 11) is 0. The van der Waals surface area contributed by atoms with Crippen molar-refractivity contribution in [2.75, 3.05) is 31.6 Å². The summed E-state index contributed by atoms with van der Waals surface area (Å²) < 4.78 is 23.7. The number of nitrogens with one attached hydrogen (secondary N) is 2. The van der Waals surface area contributed by atoms with Gasteiger partial charge in [-0.2, -0.15) is 0 Å². The van der Waals surface area contributed by atoms with Crippen molar-refractivity contribution in [2.24, 2.45) is 0 Å². The quantitative estimate of drug-likeness (QED) is 0.799. The molecule has 1 heterocycles. The molecule has 0 radical (unpaired) electrons. The highest BCUT2D eigenvalue weighted by molar-refractivity contribution is 5.92. The van der Waals surface area contributed by atoms with Crippen molar-refractivity contribution in [1.29, 1.82) is 0 Å². The van der Waals surface area contributed by atoms with Gasteiger partial charge in [-0.3, -0.25) is 4.79 Å². The molecular formula is C18H19FN2O3. The first-order valence-electron chi connectivity index (χ1n) is 7.85. The third kappa shape index (κ3) is 4.45. The Hall–Kier alpha value is -2.60. The van der Waals surface area contributed by atoms with Gasteiger partial charge in [-0.15, -0.1) is 0 Å². The highest BCUT2D eigenvalue weighted by Crippen LogP contribution is 2.32. The minimum atomic E-state index is -0.245. The number of hydrogen-bond donors (Lipinski definition) is 2. The van der Waals surface area contributed by atoms with Crippen molar-refractivity contribution in [2.45, 2.75) is 6.42 Å². The Morgan fingerprint density at radius 1 is 1.04 bits per heavy atom. The van der Waals surface area contributed by atoms with E-state index in [2.05, 4.69) is 10.6 Å². The van der Waals surface area contributed by atoms with Crippen LogP contribution in [0.2, 0.25) is 0 Å². The van der Waals surface area contributed by atoms with Gasteiger partial charge >= 0.3 is 0 Å². The highest BCUT2D eigenvalue weighted by atomic mass is 19.1. The zero-order chi connectivity index (χ0) is 16.8. The van der Waals surface area contributed by atoms with Gasteiger partial charge in [0.25, 0.3) is 0 Å². The van der Waals surface area contributed by atoms with Crippen LogP contribution in [0.3, 0.4) is 0 Å². The molecule has 0 spiro atoms. The molecule has 24 heavy (non-hydrogen) atoms. The minimum absolute atomic E-state index is 0.134. The van der Waals surface area contributed by atoms with Crippen LogP contribution in [0.5, 0.6) is 11.5 Å². The molecule has 0 unspecified atom stereocenters. The summed E-state index contributed by atoms with van der Waals surface area (Å²) in [6.45, 7) is 1.89. The molecule has 0 saturated heterocycles. The number of carbonyl (C=O) groups excluding carboxylic acids is 1. The second-order valence-electron chi connectivity index (χ2n) is 5.46. The molecule has 0 aliphatic carbocycles. The van der Waals surface area contributed by atoms with Crippen molar-refractivity contribution in [1.82, 2.24) is 5.32 Å². The SMILES string of the molecule is O=C(CNCCc1ccc(F)cc1)Nc1ccc2c(c1)OCCO2. The lowest BCUT2D eigenvalue weighted by Gasteiger charge is -2.19. The summed E-state index contributed by atoms with van der Waals surface area (Å²) >= 11 is 0. The van der Waals surface area contributed by atoms with E-state index in [1.165, 1.54) is 12.1 Å². The van der Waals surface area contributed by atoms with E-state index < -0.39 is 0 Å². The third-order valence-corrected chi connectivity index (χ3v) is 3.62. The van der Waals surface area contributed by atoms with Crippen LogP contribution < -0.4 is 20.1 Å². The molecule has 0 bridgehead atoms. The van der Waals surface area contributed by atoms with Crippen molar-refractivity contribution in [3.63, 3.8) is 0 Å². The number of amides is 1. The standard InChI is InChI=1S/C18H19FN2O3/c19-14-3-1-13(2-4-14)7-8-20-12-18(22)21-15-5-6-16-17(11-15)24-10-9-23-16/h1-6,11,20H,7-10,12H2,(H,21,22). The van der Waals surface area contributed by atoms with Crippen LogP contribution in [0.15, 0.2) is 42.5 Å². The number of hydrogen-bond acceptors (Lipinski definition) is 4. The molecule has 3 rings (SSSR count). The third-order valence-electron chi connectivity index (χ3n) is 3.62. The molecule has 2 aromatic carbocycles. The number of rotatable bonds is 6. The second kappa shape index (κ2) is 7.79. The molecule has 2 aromatic rings.